The first-order valence-corrected chi connectivity index (χ1v) is 9.00. The molecule has 0 spiro atoms. The summed E-state index contributed by atoms with van der Waals surface area (Å²) in [4.78, 5) is 17.7. The molecule has 1 N–H and O–H groups in total. The van der Waals surface area contributed by atoms with Crippen LogP contribution in [0.15, 0.2) is 60.9 Å². The minimum absolute atomic E-state index is 0.205. The highest BCUT2D eigenvalue weighted by atomic mass is 19.1. The lowest BCUT2D eigenvalue weighted by atomic mass is 10.2. The molecule has 1 fully saturated rings. The Morgan fingerprint density at radius 1 is 0.852 bits per heavy atom. The van der Waals surface area contributed by atoms with Gasteiger partial charge in [0, 0.05) is 44.3 Å². The number of hydrogen-bond acceptors (Lipinski definition) is 6. The van der Waals surface area contributed by atoms with Gasteiger partial charge in [-0.2, -0.15) is 4.98 Å². The average molecular weight is 364 g/mol. The highest BCUT2D eigenvalue weighted by Crippen LogP contribution is 2.20. The quantitative estimate of drug-likeness (QED) is 0.751. The molecule has 3 heterocycles. The molecule has 1 aromatic carbocycles. The Hall–Kier alpha value is -3.22. The van der Waals surface area contributed by atoms with Gasteiger partial charge in [-0.25, -0.2) is 9.37 Å². The Balaban J connectivity index is 1.36. The number of hydrogen-bond donors (Lipinski definition) is 1. The van der Waals surface area contributed by atoms with Crippen LogP contribution in [0, 0.1) is 5.82 Å². The Morgan fingerprint density at radius 2 is 1.63 bits per heavy atom. The third kappa shape index (κ3) is 4.31. The van der Waals surface area contributed by atoms with Gasteiger partial charge in [-0.1, -0.05) is 6.07 Å². The number of aromatic nitrogens is 3. The summed E-state index contributed by atoms with van der Waals surface area (Å²) < 4.78 is 13.1. The van der Waals surface area contributed by atoms with E-state index in [1.54, 1.807) is 12.4 Å². The normalized spacial score (nSPS) is 14.3. The number of piperazine rings is 1. The molecular formula is C20H21FN6. The number of halogens is 1. The summed E-state index contributed by atoms with van der Waals surface area (Å²) in [5.41, 5.74) is 2.00. The van der Waals surface area contributed by atoms with E-state index in [1.165, 1.54) is 12.1 Å². The van der Waals surface area contributed by atoms with Gasteiger partial charge in [-0.15, -0.1) is 0 Å². The highest BCUT2D eigenvalue weighted by Gasteiger charge is 2.18. The van der Waals surface area contributed by atoms with E-state index in [0.717, 1.165) is 43.4 Å². The molecule has 7 heteroatoms. The average Bonchev–Trinajstić information content (AvgIpc) is 2.74. The van der Waals surface area contributed by atoms with E-state index in [2.05, 4.69) is 30.1 Å². The molecule has 4 rings (SSSR count). The molecule has 0 aliphatic carbocycles. The summed E-state index contributed by atoms with van der Waals surface area (Å²) in [7, 11) is 0. The molecule has 1 saturated heterocycles. The van der Waals surface area contributed by atoms with Gasteiger partial charge in [0.1, 0.15) is 11.6 Å². The van der Waals surface area contributed by atoms with Crippen molar-refractivity contribution in [1.29, 1.82) is 0 Å². The van der Waals surface area contributed by atoms with Gasteiger partial charge in [-0.05, 0) is 42.5 Å². The molecular weight excluding hydrogens is 343 g/mol. The van der Waals surface area contributed by atoms with Gasteiger partial charge in [0.15, 0.2) is 0 Å². The minimum atomic E-state index is -0.205. The third-order valence-electron chi connectivity index (χ3n) is 4.59. The van der Waals surface area contributed by atoms with Crippen LogP contribution in [0.5, 0.6) is 0 Å². The fourth-order valence-corrected chi connectivity index (χ4v) is 3.13. The smallest absolute Gasteiger partial charge is 0.224 e. The van der Waals surface area contributed by atoms with Crippen molar-refractivity contribution in [3.8, 4) is 0 Å². The molecule has 3 aromatic rings. The summed E-state index contributed by atoms with van der Waals surface area (Å²) in [6.45, 7) is 4.03. The van der Waals surface area contributed by atoms with Crippen LogP contribution in [0.1, 0.15) is 5.69 Å². The van der Waals surface area contributed by atoms with E-state index in [9.17, 15) is 4.39 Å². The number of pyridine rings is 1. The number of rotatable bonds is 5. The van der Waals surface area contributed by atoms with Crippen LogP contribution in [-0.2, 0) is 6.54 Å². The van der Waals surface area contributed by atoms with Gasteiger partial charge in [0.05, 0.1) is 12.2 Å². The zero-order chi connectivity index (χ0) is 18.5. The van der Waals surface area contributed by atoms with Crippen LogP contribution < -0.4 is 15.1 Å². The van der Waals surface area contributed by atoms with Crippen LogP contribution in [0.3, 0.4) is 0 Å². The first-order valence-electron chi connectivity index (χ1n) is 9.00. The van der Waals surface area contributed by atoms with Gasteiger partial charge < -0.3 is 15.1 Å². The van der Waals surface area contributed by atoms with Crippen molar-refractivity contribution < 1.29 is 4.39 Å². The van der Waals surface area contributed by atoms with Crippen molar-refractivity contribution in [2.24, 2.45) is 0 Å². The van der Waals surface area contributed by atoms with E-state index in [-0.39, 0.29) is 5.82 Å². The molecule has 0 radical (unpaired) electrons. The Labute approximate surface area is 157 Å². The fourth-order valence-electron chi connectivity index (χ4n) is 3.13. The van der Waals surface area contributed by atoms with Crippen LogP contribution in [0.4, 0.5) is 21.8 Å². The lowest BCUT2D eigenvalue weighted by Gasteiger charge is -2.36. The molecule has 6 nitrogen and oxygen atoms in total. The molecule has 1 aliphatic heterocycles. The van der Waals surface area contributed by atoms with Crippen molar-refractivity contribution >= 4 is 17.5 Å². The van der Waals surface area contributed by atoms with Crippen LogP contribution >= 0.6 is 0 Å². The van der Waals surface area contributed by atoms with Crippen molar-refractivity contribution in [3.63, 3.8) is 0 Å². The largest absolute Gasteiger partial charge is 0.368 e. The Morgan fingerprint density at radius 3 is 2.37 bits per heavy atom. The van der Waals surface area contributed by atoms with E-state index in [4.69, 9.17) is 0 Å². The Kier molecular flexibility index (Phi) is 5.09. The van der Waals surface area contributed by atoms with Crippen LogP contribution in [0.2, 0.25) is 0 Å². The first-order chi connectivity index (χ1) is 13.3. The zero-order valence-electron chi connectivity index (χ0n) is 14.9. The molecule has 138 valence electrons. The molecule has 0 saturated carbocycles. The number of anilines is 3. The topological polar surface area (TPSA) is 57.2 Å². The van der Waals surface area contributed by atoms with E-state index >= 15 is 0 Å². The third-order valence-corrected chi connectivity index (χ3v) is 4.59. The maximum Gasteiger partial charge on any atom is 0.224 e. The number of nitrogens with one attached hydrogen (secondary N) is 1. The molecule has 1 aliphatic rings. The monoisotopic (exact) mass is 364 g/mol. The van der Waals surface area contributed by atoms with Crippen molar-refractivity contribution in [2.75, 3.05) is 41.3 Å². The molecule has 27 heavy (non-hydrogen) atoms. The van der Waals surface area contributed by atoms with Gasteiger partial charge >= 0.3 is 0 Å². The summed E-state index contributed by atoms with van der Waals surface area (Å²) in [6, 6.07) is 14.4. The van der Waals surface area contributed by atoms with E-state index < -0.39 is 0 Å². The molecule has 0 unspecified atom stereocenters. The molecule has 0 atom stereocenters. The van der Waals surface area contributed by atoms with Gasteiger partial charge in [-0.3, -0.25) is 4.98 Å². The molecule has 2 aromatic heterocycles. The first kappa shape index (κ1) is 17.2. The summed E-state index contributed by atoms with van der Waals surface area (Å²) >= 11 is 0. The van der Waals surface area contributed by atoms with E-state index in [0.29, 0.717) is 12.5 Å². The Bertz CT molecular complexity index is 863. The second-order valence-corrected chi connectivity index (χ2v) is 6.36. The predicted molar refractivity (Wildman–Crippen MR) is 104 cm³/mol. The number of nitrogens with zero attached hydrogens (tertiary/aromatic N) is 5. The molecule has 0 bridgehead atoms. The fraction of sp³-hybridized carbons (Fsp3) is 0.250. The van der Waals surface area contributed by atoms with Crippen LogP contribution in [-0.4, -0.2) is 41.1 Å². The van der Waals surface area contributed by atoms with Crippen molar-refractivity contribution in [1.82, 2.24) is 15.0 Å². The van der Waals surface area contributed by atoms with Crippen molar-refractivity contribution in [3.05, 3.63) is 72.4 Å². The van der Waals surface area contributed by atoms with Crippen molar-refractivity contribution in [2.45, 2.75) is 6.54 Å². The molecule has 0 amide bonds. The lowest BCUT2D eigenvalue weighted by molar-refractivity contribution is 0.624. The lowest BCUT2D eigenvalue weighted by Crippen LogP contribution is -2.46. The van der Waals surface area contributed by atoms with Gasteiger partial charge in [0.2, 0.25) is 5.95 Å². The maximum absolute atomic E-state index is 13.1. The number of benzene rings is 1. The predicted octanol–water partition coefficient (Wildman–Crippen LogP) is 2.95. The summed E-state index contributed by atoms with van der Waals surface area (Å²) in [6.07, 6.45) is 3.55. The SMILES string of the molecule is Fc1ccc(N2CCN(c3ccnc(NCc4ccccn4)n3)CC2)cc1. The van der Waals surface area contributed by atoms with Crippen LogP contribution in [0.25, 0.3) is 0 Å². The summed E-state index contributed by atoms with van der Waals surface area (Å²) in [5, 5.41) is 3.22. The van der Waals surface area contributed by atoms with Gasteiger partial charge in [0.25, 0.3) is 0 Å². The minimum Gasteiger partial charge on any atom is -0.368 e. The second-order valence-electron chi connectivity index (χ2n) is 6.36. The zero-order valence-corrected chi connectivity index (χ0v) is 14.9. The highest BCUT2D eigenvalue weighted by molar-refractivity contribution is 5.50. The summed E-state index contributed by atoms with van der Waals surface area (Å²) in [5.74, 6) is 1.30. The maximum atomic E-state index is 13.1. The van der Waals surface area contributed by atoms with E-state index in [1.807, 2.05) is 36.4 Å². The second kappa shape index (κ2) is 7.99. The standard InChI is InChI=1S/C20H21FN6/c21-16-4-6-18(7-5-16)26-11-13-27(14-12-26)19-8-10-23-20(25-19)24-15-17-3-1-2-9-22-17/h1-10H,11-15H2,(H,23,24,25).